The molecule has 1 amide bonds. The van der Waals surface area contributed by atoms with Crippen LogP contribution in [0.3, 0.4) is 0 Å². The van der Waals surface area contributed by atoms with Gasteiger partial charge in [-0.1, -0.05) is 38.1 Å². The van der Waals surface area contributed by atoms with Crippen molar-refractivity contribution in [2.45, 2.75) is 51.0 Å². The van der Waals surface area contributed by atoms with E-state index in [1.807, 2.05) is 7.05 Å². The Morgan fingerprint density at radius 2 is 2.00 bits per heavy atom. The highest BCUT2D eigenvalue weighted by Crippen LogP contribution is 2.48. The highest BCUT2D eigenvalue weighted by atomic mass is 16.2. The van der Waals surface area contributed by atoms with Gasteiger partial charge in [-0.2, -0.15) is 0 Å². The number of piperidine rings is 1. The number of nitrogens with one attached hydrogen (secondary N) is 1. The van der Waals surface area contributed by atoms with Crippen LogP contribution in [0.15, 0.2) is 24.3 Å². The van der Waals surface area contributed by atoms with E-state index in [0.29, 0.717) is 23.8 Å². The van der Waals surface area contributed by atoms with Crippen molar-refractivity contribution in [3.8, 4) is 0 Å². The highest BCUT2D eigenvalue weighted by molar-refractivity contribution is 5.83. The number of carbonyl (C=O) groups excluding carboxylic acids is 1. The van der Waals surface area contributed by atoms with Gasteiger partial charge in [0.1, 0.15) is 0 Å². The summed E-state index contributed by atoms with van der Waals surface area (Å²) in [4.78, 5) is 14.8. The van der Waals surface area contributed by atoms with Crippen molar-refractivity contribution in [2.24, 2.45) is 5.92 Å². The molecule has 1 aromatic carbocycles. The van der Waals surface area contributed by atoms with Crippen LogP contribution in [0.4, 0.5) is 0 Å². The number of rotatable bonds is 4. The van der Waals surface area contributed by atoms with E-state index >= 15 is 0 Å². The number of amides is 1. The third kappa shape index (κ3) is 3.19. The van der Waals surface area contributed by atoms with E-state index < -0.39 is 0 Å². The van der Waals surface area contributed by atoms with Gasteiger partial charge in [0.25, 0.3) is 0 Å². The molecular formula is C19H28N2O. The average Bonchev–Trinajstić information content (AvgIpc) is 3.35. The summed E-state index contributed by atoms with van der Waals surface area (Å²) < 4.78 is 0. The van der Waals surface area contributed by atoms with E-state index in [4.69, 9.17) is 0 Å². The predicted octanol–water partition coefficient (Wildman–Crippen LogP) is 3.12. The van der Waals surface area contributed by atoms with E-state index in [-0.39, 0.29) is 5.92 Å². The van der Waals surface area contributed by atoms with E-state index in [1.165, 1.54) is 17.5 Å². The monoisotopic (exact) mass is 300 g/mol. The molecule has 0 aromatic heterocycles. The molecule has 0 bridgehead atoms. The second-order valence-corrected chi connectivity index (χ2v) is 7.18. The smallest absolute Gasteiger partial charge is 0.226 e. The Hall–Kier alpha value is -1.35. The molecule has 0 radical (unpaired) electrons. The van der Waals surface area contributed by atoms with Crippen LogP contribution in [-0.2, 0) is 4.79 Å². The first-order chi connectivity index (χ1) is 10.6. The van der Waals surface area contributed by atoms with Crippen molar-refractivity contribution < 1.29 is 4.79 Å². The van der Waals surface area contributed by atoms with Crippen molar-refractivity contribution in [1.29, 1.82) is 0 Å². The van der Waals surface area contributed by atoms with Gasteiger partial charge in [-0.15, -0.1) is 0 Å². The Morgan fingerprint density at radius 3 is 2.64 bits per heavy atom. The minimum atomic E-state index is 0.223. The fraction of sp³-hybridized carbons (Fsp3) is 0.632. The topological polar surface area (TPSA) is 32.3 Å². The molecule has 1 aromatic rings. The third-order valence-corrected chi connectivity index (χ3v) is 5.28. The summed E-state index contributed by atoms with van der Waals surface area (Å²) in [6.07, 6.45) is 3.34. The standard InChI is InChI=1S/C19H28N2O/c1-13(2)14-6-8-15(9-7-14)17-11-18(17)19(22)21-10-4-5-16(12-21)20-3/h6-9,13,16-18,20H,4-5,10-12H2,1-3H3. The summed E-state index contributed by atoms with van der Waals surface area (Å²) in [7, 11) is 1.99. The highest BCUT2D eigenvalue weighted by Gasteiger charge is 2.46. The Morgan fingerprint density at radius 1 is 1.27 bits per heavy atom. The molecule has 3 nitrogen and oxygen atoms in total. The molecule has 3 heteroatoms. The predicted molar refractivity (Wildman–Crippen MR) is 90.0 cm³/mol. The van der Waals surface area contributed by atoms with Gasteiger partial charge in [0.05, 0.1) is 0 Å². The van der Waals surface area contributed by atoms with Gasteiger partial charge in [0, 0.05) is 25.0 Å². The largest absolute Gasteiger partial charge is 0.341 e. The van der Waals surface area contributed by atoms with Gasteiger partial charge in [-0.25, -0.2) is 0 Å². The molecule has 3 atom stereocenters. The second kappa shape index (κ2) is 6.41. The van der Waals surface area contributed by atoms with Crippen molar-refractivity contribution in [2.75, 3.05) is 20.1 Å². The normalized spacial score (nSPS) is 28.0. The maximum atomic E-state index is 12.7. The summed E-state index contributed by atoms with van der Waals surface area (Å²) in [5.41, 5.74) is 2.71. The minimum absolute atomic E-state index is 0.223. The van der Waals surface area contributed by atoms with E-state index in [1.54, 1.807) is 0 Å². The molecule has 0 spiro atoms. The molecule has 22 heavy (non-hydrogen) atoms. The summed E-state index contributed by atoms with van der Waals surface area (Å²) in [5.74, 6) is 1.61. The fourth-order valence-corrected chi connectivity index (χ4v) is 3.61. The van der Waals surface area contributed by atoms with Gasteiger partial charge in [0.15, 0.2) is 0 Å². The molecule has 120 valence electrons. The quantitative estimate of drug-likeness (QED) is 0.926. The lowest BCUT2D eigenvalue weighted by atomic mass is 9.99. The Balaban J connectivity index is 1.60. The molecule has 1 heterocycles. The Kier molecular flexibility index (Phi) is 4.53. The molecule has 2 aliphatic rings. The number of benzene rings is 1. The van der Waals surface area contributed by atoms with Crippen molar-refractivity contribution in [3.63, 3.8) is 0 Å². The number of likely N-dealkylation sites (N-methyl/N-ethyl adjacent to an activating group) is 1. The first kappa shape index (κ1) is 15.5. The van der Waals surface area contributed by atoms with Crippen LogP contribution in [0.25, 0.3) is 0 Å². The zero-order chi connectivity index (χ0) is 15.7. The Labute approximate surface area is 134 Å². The maximum absolute atomic E-state index is 12.7. The van der Waals surface area contributed by atoms with Gasteiger partial charge in [-0.05, 0) is 49.3 Å². The van der Waals surface area contributed by atoms with Crippen LogP contribution >= 0.6 is 0 Å². The van der Waals surface area contributed by atoms with Crippen LogP contribution in [0.1, 0.15) is 56.1 Å². The lowest BCUT2D eigenvalue weighted by Crippen LogP contribution is -2.47. The van der Waals surface area contributed by atoms with Crippen LogP contribution in [0.2, 0.25) is 0 Å². The zero-order valence-corrected chi connectivity index (χ0v) is 14.0. The zero-order valence-electron chi connectivity index (χ0n) is 14.0. The van der Waals surface area contributed by atoms with Gasteiger partial charge < -0.3 is 10.2 Å². The lowest BCUT2D eigenvalue weighted by Gasteiger charge is -2.32. The molecule has 1 saturated heterocycles. The van der Waals surface area contributed by atoms with Crippen molar-refractivity contribution in [1.82, 2.24) is 10.2 Å². The summed E-state index contributed by atoms with van der Waals surface area (Å²) in [6, 6.07) is 9.36. The molecule has 1 saturated carbocycles. The number of nitrogens with zero attached hydrogens (tertiary/aromatic N) is 1. The molecule has 1 aliphatic heterocycles. The summed E-state index contributed by atoms with van der Waals surface area (Å²) >= 11 is 0. The summed E-state index contributed by atoms with van der Waals surface area (Å²) in [5, 5.41) is 3.31. The SMILES string of the molecule is CNC1CCCN(C(=O)C2CC2c2ccc(C(C)C)cc2)C1. The van der Waals surface area contributed by atoms with Crippen molar-refractivity contribution in [3.05, 3.63) is 35.4 Å². The molecule has 3 rings (SSSR count). The molecule has 1 aliphatic carbocycles. The fourth-order valence-electron chi connectivity index (χ4n) is 3.61. The Bertz CT molecular complexity index is 523. The molecular weight excluding hydrogens is 272 g/mol. The number of hydrogen-bond donors (Lipinski definition) is 1. The van der Waals surface area contributed by atoms with Crippen LogP contribution in [0.5, 0.6) is 0 Å². The first-order valence-corrected chi connectivity index (χ1v) is 8.66. The van der Waals surface area contributed by atoms with Gasteiger partial charge in [0.2, 0.25) is 5.91 Å². The minimum Gasteiger partial charge on any atom is -0.341 e. The van der Waals surface area contributed by atoms with Crippen LogP contribution in [-0.4, -0.2) is 37.0 Å². The first-order valence-electron chi connectivity index (χ1n) is 8.66. The molecule has 1 N–H and O–H groups in total. The second-order valence-electron chi connectivity index (χ2n) is 7.18. The van der Waals surface area contributed by atoms with Gasteiger partial charge in [-0.3, -0.25) is 4.79 Å². The third-order valence-electron chi connectivity index (χ3n) is 5.28. The van der Waals surface area contributed by atoms with E-state index in [2.05, 4.69) is 48.3 Å². The number of likely N-dealkylation sites (tertiary alicyclic amines) is 1. The van der Waals surface area contributed by atoms with Crippen LogP contribution in [0, 0.1) is 5.92 Å². The van der Waals surface area contributed by atoms with Crippen LogP contribution < -0.4 is 5.32 Å². The van der Waals surface area contributed by atoms with Crippen molar-refractivity contribution >= 4 is 5.91 Å². The molecule has 3 unspecified atom stereocenters. The lowest BCUT2D eigenvalue weighted by molar-refractivity contribution is -0.134. The maximum Gasteiger partial charge on any atom is 0.226 e. The molecule has 2 fully saturated rings. The number of hydrogen-bond acceptors (Lipinski definition) is 2. The van der Waals surface area contributed by atoms with E-state index in [9.17, 15) is 4.79 Å². The van der Waals surface area contributed by atoms with Gasteiger partial charge >= 0.3 is 0 Å². The van der Waals surface area contributed by atoms with E-state index in [0.717, 1.165) is 25.9 Å². The number of carbonyl (C=O) groups is 1. The average molecular weight is 300 g/mol. The summed E-state index contributed by atoms with van der Waals surface area (Å²) in [6.45, 7) is 6.25.